The Morgan fingerprint density at radius 3 is 2.41 bits per heavy atom. The number of unbranched alkanes of at least 4 members (excludes halogenated alkanes) is 1. The van der Waals surface area contributed by atoms with Gasteiger partial charge in [0.15, 0.2) is 0 Å². The van der Waals surface area contributed by atoms with Crippen molar-refractivity contribution in [3.63, 3.8) is 0 Å². The van der Waals surface area contributed by atoms with Gasteiger partial charge >= 0.3 is 7.75 Å². The van der Waals surface area contributed by atoms with Gasteiger partial charge in [-0.3, -0.25) is 0 Å². The Morgan fingerprint density at radius 1 is 1.35 bits per heavy atom. The van der Waals surface area contributed by atoms with E-state index in [-0.39, 0.29) is 5.54 Å². The summed E-state index contributed by atoms with van der Waals surface area (Å²) in [5, 5.41) is 3.01. The largest absolute Gasteiger partial charge is 0.428 e. The Kier molecular flexibility index (Phi) is 9.25. The second-order valence-electron chi connectivity index (χ2n) is 4.35. The van der Waals surface area contributed by atoms with Gasteiger partial charge in [0, 0.05) is 11.8 Å². The number of nitrogens with one attached hydrogen (secondary N) is 1. The Balaban J connectivity index is 4.64. The molecule has 0 aliphatic heterocycles. The zero-order valence-electron chi connectivity index (χ0n) is 11.1. The third kappa shape index (κ3) is 7.09. The molecule has 0 rings (SSSR count). The van der Waals surface area contributed by atoms with Crippen LogP contribution < -0.4 is 5.09 Å². The summed E-state index contributed by atoms with van der Waals surface area (Å²) in [7, 11) is -3.31. The highest BCUT2D eigenvalue weighted by Crippen LogP contribution is 2.50. The van der Waals surface area contributed by atoms with Crippen molar-refractivity contribution < 1.29 is 12.5 Å². The molecule has 1 N–H and O–H groups in total. The third-order valence-corrected chi connectivity index (χ3v) is 5.63. The van der Waals surface area contributed by atoms with Crippen molar-refractivity contribution in [2.45, 2.75) is 58.4 Å². The minimum absolute atomic E-state index is 0.237. The molecule has 0 saturated heterocycles. The van der Waals surface area contributed by atoms with Crippen molar-refractivity contribution in [1.82, 2.24) is 5.09 Å². The van der Waals surface area contributed by atoms with Crippen molar-refractivity contribution in [2.75, 3.05) is 6.26 Å². The first-order valence-electron chi connectivity index (χ1n) is 5.90. The zero-order chi connectivity index (χ0) is 13.4. The van der Waals surface area contributed by atoms with Crippen LogP contribution in [0.2, 0.25) is 0 Å². The van der Waals surface area contributed by atoms with Crippen LogP contribution in [0.5, 0.6) is 0 Å². The molecule has 17 heavy (non-hydrogen) atoms. The summed E-state index contributed by atoms with van der Waals surface area (Å²) in [5.74, 6) is 0. The summed E-state index contributed by atoms with van der Waals surface area (Å²) in [6.45, 7) is 6.29. The summed E-state index contributed by atoms with van der Waals surface area (Å²) in [5.41, 5.74) is -0.237. The van der Waals surface area contributed by atoms with E-state index in [2.05, 4.69) is 38.8 Å². The van der Waals surface area contributed by atoms with E-state index in [1.54, 1.807) is 6.26 Å². The van der Waals surface area contributed by atoms with E-state index in [4.69, 9.17) is 7.94 Å². The lowest BCUT2D eigenvalue weighted by Gasteiger charge is -2.32. The molecule has 0 radical (unpaired) electrons. The molecule has 0 heterocycles. The lowest BCUT2D eigenvalue weighted by atomic mass is 9.91. The molecule has 4 nitrogen and oxygen atoms in total. The maximum atomic E-state index is 12.2. The fraction of sp³-hybridized carbons (Fsp3) is 1.00. The molecular formula is C10H24NO3PS2. The van der Waals surface area contributed by atoms with E-state index in [0.717, 1.165) is 44.1 Å². The van der Waals surface area contributed by atoms with Gasteiger partial charge in [0.05, 0.1) is 0 Å². The average Bonchev–Trinajstić information content (AvgIpc) is 2.27. The molecule has 0 spiro atoms. The van der Waals surface area contributed by atoms with Crippen molar-refractivity contribution in [3.8, 4) is 0 Å². The number of thiol groups is 1. The van der Waals surface area contributed by atoms with E-state index < -0.39 is 7.75 Å². The number of hydrogen-bond donors (Lipinski definition) is 2. The monoisotopic (exact) mass is 301 g/mol. The molecule has 0 fully saturated rings. The Labute approximate surface area is 115 Å². The molecule has 0 aliphatic carbocycles. The first kappa shape index (κ1) is 17.8. The summed E-state index contributed by atoms with van der Waals surface area (Å²) >= 11 is 4.66. The van der Waals surface area contributed by atoms with Crippen LogP contribution >= 0.6 is 32.7 Å². The zero-order valence-corrected chi connectivity index (χ0v) is 13.7. The topological polar surface area (TPSA) is 47.6 Å². The standard InChI is InChI=1S/C10H24NO3PS2/c1-5-7-9-10(3,8-6-2)11-15(12,13-16)14-17-4/h16H,5-9H2,1-4H3,(H,11,12). The minimum atomic E-state index is -3.31. The first-order valence-corrected chi connectivity index (χ1v) is 8.96. The van der Waals surface area contributed by atoms with Gasteiger partial charge < -0.3 is 0 Å². The molecule has 0 aromatic heterocycles. The SMILES string of the molecule is CCCCC(C)(CCC)NP(=O)(OS)OSC. The van der Waals surface area contributed by atoms with E-state index in [1.165, 1.54) is 0 Å². The predicted octanol–water partition coefficient (Wildman–Crippen LogP) is 4.59. The van der Waals surface area contributed by atoms with E-state index in [9.17, 15) is 4.57 Å². The van der Waals surface area contributed by atoms with Crippen LogP contribution in [0, 0.1) is 0 Å². The van der Waals surface area contributed by atoms with Crippen molar-refractivity contribution in [1.29, 1.82) is 0 Å². The van der Waals surface area contributed by atoms with E-state index in [1.807, 2.05) is 0 Å². The van der Waals surface area contributed by atoms with Gasteiger partial charge in [0.1, 0.15) is 0 Å². The number of hydrogen-bond acceptors (Lipinski definition) is 5. The van der Waals surface area contributed by atoms with Crippen LogP contribution in [-0.2, 0) is 12.5 Å². The lowest BCUT2D eigenvalue weighted by molar-refractivity contribution is 0.311. The van der Waals surface area contributed by atoms with Gasteiger partial charge in [0.2, 0.25) is 0 Å². The Bertz CT molecular complexity index is 256. The highest BCUT2D eigenvalue weighted by Gasteiger charge is 2.35. The Hall–Kier alpha value is 0.810. The van der Waals surface area contributed by atoms with Crippen LogP contribution in [0.15, 0.2) is 0 Å². The molecule has 7 heteroatoms. The highest BCUT2D eigenvalue weighted by atomic mass is 32.2. The molecule has 104 valence electrons. The van der Waals surface area contributed by atoms with Crippen LogP contribution in [0.4, 0.5) is 0 Å². The van der Waals surface area contributed by atoms with Gasteiger partial charge in [-0.25, -0.2) is 17.6 Å². The molecule has 2 unspecified atom stereocenters. The van der Waals surface area contributed by atoms with Gasteiger partial charge in [0.25, 0.3) is 0 Å². The molecular weight excluding hydrogens is 277 g/mol. The van der Waals surface area contributed by atoms with Crippen LogP contribution in [0.1, 0.15) is 52.9 Å². The maximum absolute atomic E-state index is 12.2. The second kappa shape index (κ2) is 8.83. The molecule has 0 amide bonds. The van der Waals surface area contributed by atoms with E-state index >= 15 is 0 Å². The summed E-state index contributed by atoms with van der Waals surface area (Å²) in [6.07, 6.45) is 6.76. The summed E-state index contributed by atoms with van der Waals surface area (Å²) in [4.78, 5) is 0. The fourth-order valence-electron chi connectivity index (χ4n) is 1.84. The van der Waals surface area contributed by atoms with Crippen LogP contribution in [0.3, 0.4) is 0 Å². The van der Waals surface area contributed by atoms with Gasteiger partial charge in [-0.1, -0.05) is 33.1 Å². The Morgan fingerprint density at radius 2 is 2.00 bits per heavy atom. The molecule has 0 aromatic carbocycles. The second-order valence-corrected chi connectivity index (χ2v) is 7.15. The summed E-state index contributed by atoms with van der Waals surface area (Å²) in [6, 6.07) is 0. The molecule has 0 aromatic rings. The van der Waals surface area contributed by atoms with Gasteiger partial charge in [-0.05, 0) is 44.7 Å². The van der Waals surface area contributed by atoms with Gasteiger partial charge in [-0.15, -0.1) is 0 Å². The van der Waals surface area contributed by atoms with Crippen LogP contribution in [-0.4, -0.2) is 11.8 Å². The predicted molar refractivity (Wildman–Crippen MR) is 78.3 cm³/mol. The van der Waals surface area contributed by atoms with Crippen molar-refractivity contribution in [2.24, 2.45) is 0 Å². The number of rotatable bonds is 10. The highest BCUT2D eigenvalue weighted by molar-refractivity contribution is 7.98. The summed E-state index contributed by atoms with van der Waals surface area (Å²) < 4.78 is 21.9. The minimum Gasteiger partial charge on any atom is -0.239 e. The fourth-order valence-corrected chi connectivity index (χ4v) is 4.17. The molecule has 2 atom stereocenters. The third-order valence-electron chi connectivity index (χ3n) is 2.57. The molecule has 0 saturated carbocycles. The smallest absolute Gasteiger partial charge is 0.239 e. The quantitative estimate of drug-likeness (QED) is 0.351. The van der Waals surface area contributed by atoms with Crippen molar-refractivity contribution in [3.05, 3.63) is 0 Å². The van der Waals surface area contributed by atoms with Gasteiger partial charge in [-0.2, -0.15) is 0 Å². The van der Waals surface area contributed by atoms with E-state index in [0.29, 0.717) is 0 Å². The normalized spacial score (nSPS) is 18.6. The molecule has 0 aliphatic rings. The first-order chi connectivity index (χ1) is 7.95. The lowest BCUT2D eigenvalue weighted by Crippen LogP contribution is -2.40. The van der Waals surface area contributed by atoms with Crippen molar-refractivity contribution >= 4 is 32.7 Å². The van der Waals surface area contributed by atoms with Crippen LogP contribution in [0.25, 0.3) is 0 Å². The molecule has 0 bridgehead atoms. The maximum Gasteiger partial charge on any atom is 0.428 e. The average molecular weight is 301 g/mol.